The third-order valence-electron chi connectivity index (χ3n) is 5.04. The van der Waals surface area contributed by atoms with E-state index in [-0.39, 0.29) is 12.4 Å². The lowest BCUT2D eigenvalue weighted by atomic mass is 9.79. The summed E-state index contributed by atoms with van der Waals surface area (Å²) in [6.07, 6.45) is 5.12. The molecule has 1 aromatic carbocycles. The van der Waals surface area contributed by atoms with Gasteiger partial charge in [-0.3, -0.25) is 0 Å². The summed E-state index contributed by atoms with van der Waals surface area (Å²) in [5.74, 6) is 0.833. The minimum atomic E-state index is -0.413. The van der Waals surface area contributed by atoms with Crippen molar-refractivity contribution in [3.8, 4) is 5.75 Å². The minimum Gasteiger partial charge on any atom is -0.490 e. The van der Waals surface area contributed by atoms with Gasteiger partial charge in [0.15, 0.2) is 5.79 Å². The molecule has 1 spiro atoms. The van der Waals surface area contributed by atoms with Gasteiger partial charge in [-0.1, -0.05) is 18.6 Å². The van der Waals surface area contributed by atoms with Crippen LogP contribution in [0.15, 0.2) is 24.3 Å². The molecule has 1 N–H and O–H groups in total. The van der Waals surface area contributed by atoms with Crippen molar-refractivity contribution in [2.24, 2.45) is 5.92 Å². The van der Waals surface area contributed by atoms with Gasteiger partial charge in [0.1, 0.15) is 19.0 Å². The Kier molecular flexibility index (Phi) is 6.74. The number of amides is 1. The standard InChI is InChI=1S/C20H29NO5/c1-2-21-19(22)24-12-11-23-18-8-6-16(7-9-18)15-17-5-3-4-10-20(17)25-13-14-26-20/h6-9,17H,2-5,10-15H2,1H3,(H,21,22). The van der Waals surface area contributed by atoms with Crippen LogP contribution in [0.1, 0.15) is 38.2 Å². The molecule has 6 heteroatoms. The molecule has 1 saturated heterocycles. The number of carbonyl (C=O) groups is 1. The van der Waals surface area contributed by atoms with E-state index >= 15 is 0 Å². The quantitative estimate of drug-likeness (QED) is 0.753. The van der Waals surface area contributed by atoms with E-state index in [9.17, 15) is 4.79 Å². The summed E-state index contributed by atoms with van der Waals surface area (Å²) in [6, 6.07) is 8.12. The largest absolute Gasteiger partial charge is 0.490 e. The van der Waals surface area contributed by atoms with Gasteiger partial charge in [-0.05, 0) is 43.9 Å². The molecule has 0 aromatic heterocycles. The van der Waals surface area contributed by atoms with E-state index in [1.165, 1.54) is 18.4 Å². The van der Waals surface area contributed by atoms with E-state index in [2.05, 4.69) is 17.4 Å². The second-order valence-electron chi connectivity index (χ2n) is 6.81. The zero-order valence-corrected chi connectivity index (χ0v) is 15.5. The summed E-state index contributed by atoms with van der Waals surface area (Å²) in [7, 11) is 0. The SMILES string of the molecule is CCNC(=O)OCCOc1ccc(CC2CCCCC23OCCO3)cc1. The van der Waals surface area contributed by atoms with Gasteiger partial charge in [-0.25, -0.2) is 4.79 Å². The van der Waals surface area contributed by atoms with Crippen molar-refractivity contribution in [2.45, 2.75) is 44.8 Å². The summed E-state index contributed by atoms with van der Waals surface area (Å²) in [6.45, 7) is 4.39. The molecule has 144 valence electrons. The molecule has 6 nitrogen and oxygen atoms in total. The van der Waals surface area contributed by atoms with Gasteiger partial charge in [0.2, 0.25) is 0 Å². The van der Waals surface area contributed by atoms with Crippen molar-refractivity contribution in [2.75, 3.05) is 33.0 Å². The summed E-state index contributed by atoms with van der Waals surface area (Å²) >= 11 is 0. The highest BCUT2D eigenvalue weighted by molar-refractivity contribution is 5.66. The maximum atomic E-state index is 11.2. The Morgan fingerprint density at radius 2 is 1.96 bits per heavy atom. The van der Waals surface area contributed by atoms with Crippen LogP contribution in [-0.2, 0) is 20.6 Å². The Morgan fingerprint density at radius 3 is 2.69 bits per heavy atom. The van der Waals surface area contributed by atoms with Crippen molar-refractivity contribution in [3.63, 3.8) is 0 Å². The zero-order valence-electron chi connectivity index (χ0n) is 15.5. The molecule has 1 atom stereocenters. The fraction of sp³-hybridized carbons (Fsp3) is 0.650. The number of ether oxygens (including phenoxy) is 4. The van der Waals surface area contributed by atoms with Gasteiger partial charge < -0.3 is 24.3 Å². The van der Waals surface area contributed by atoms with Gasteiger partial charge in [0, 0.05) is 18.9 Å². The fourth-order valence-electron chi connectivity index (χ4n) is 3.79. The summed E-state index contributed by atoms with van der Waals surface area (Å²) in [4.78, 5) is 11.2. The highest BCUT2D eigenvalue weighted by Crippen LogP contribution is 2.42. The summed E-state index contributed by atoms with van der Waals surface area (Å²) < 4.78 is 22.6. The first kappa shape index (κ1) is 19.0. The molecule has 26 heavy (non-hydrogen) atoms. The van der Waals surface area contributed by atoms with Gasteiger partial charge in [-0.2, -0.15) is 0 Å². The van der Waals surface area contributed by atoms with E-state index in [0.717, 1.165) is 25.0 Å². The molecule has 0 bridgehead atoms. The lowest BCUT2D eigenvalue weighted by Gasteiger charge is -2.39. The molecule has 1 amide bonds. The highest BCUT2D eigenvalue weighted by Gasteiger charge is 2.45. The van der Waals surface area contributed by atoms with E-state index in [1.54, 1.807) is 0 Å². The fourth-order valence-corrected chi connectivity index (χ4v) is 3.79. The first-order valence-electron chi connectivity index (χ1n) is 9.62. The molecule has 1 aliphatic heterocycles. The maximum Gasteiger partial charge on any atom is 0.407 e. The van der Waals surface area contributed by atoms with Crippen molar-refractivity contribution in [3.05, 3.63) is 29.8 Å². The Balaban J connectivity index is 1.46. The second-order valence-corrected chi connectivity index (χ2v) is 6.81. The van der Waals surface area contributed by atoms with Crippen LogP contribution in [0.2, 0.25) is 0 Å². The smallest absolute Gasteiger partial charge is 0.407 e. The number of benzene rings is 1. The molecule has 1 aliphatic carbocycles. The average molecular weight is 363 g/mol. The third-order valence-corrected chi connectivity index (χ3v) is 5.04. The Hall–Kier alpha value is -1.79. The summed E-state index contributed by atoms with van der Waals surface area (Å²) in [5, 5.41) is 2.57. The van der Waals surface area contributed by atoms with Crippen molar-refractivity contribution < 1.29 is 23.7 Å². The Bertz CT molecular complexity index is 568. The molecule has 2 fully saturated rings. The Morgan fingerprint density at radius 1 is 1.19 bits per heavy atom. The molecule has 1 aromatic rings. The molecule has 0 radical (unpaired) electrons. The predicted octanol–water partition coefficient (Wildman–Crippen LogP) is 3.29. The molecule has 1 heterocycles. The van der Waals surface area contributed by atoms with Crippen LogP contribution in [0.4, 0.5) is 4.79 Å². The van der Waals surface area contributed by atoms with Crippen LogP contribution >= 0.6 is 0 Å². The maximum absolute atomic E-state index is 11.2. The van der Waals surface area contributed by atoms with Crippen molar-refractivity contribution >= 4 is 6.09 Å². The summed E-state index contributed by atoms with van der Waals surface area (Å²) in [5.41, 5.74) is 1.27. The number of rotatable bonds is 7. The monoisotopic (exact) mass is 363 g/mol. The van der Waals surface area contributed by atoms with Gasteiger partial charge in [0.05, 0.1) is 13.2 Å². The second kappa shape index (κ2) is 9.24. The van der Waals surface area contributed by atoms with Crippen LogP contribution < -0.4 is 10.1 Å². The van der Waals surface area contributed by atoms with Crippen molar-refractivity contribution in [1.29, 1.82) is 0 Å². The topological polar surface area (TPSA) is 66.0 Å². The van der Waals surface area contributed by atoms with E-state index in [1.807, 2.05) is 19.1 Å². The Labute approximate surface area is 155 Å². The molecular weight excluding hydrogens is 334 g/mol. The van der Waals surface area contributed by atoms with Crippen LogP contribution in [0.3, 0.4) is 0 Å². The van der Waals surface area contributed by atoms with E-state index in [0.29, 0.717) is 32.3 Å². The third kappa shape index (κ3) is 4.89. The van der Waals surface area contributed by atoms with Gasteiger partial charge in [-0.15, -0.1) is 0 Å². The predicted molar refractivity (Wildman–Crippen MR) is 97.3 cm³/mol. The van der Waals surface area contributed by atoms with Crippen LogP contribution in [-0.4, -0.2) is 44.9 Å². The minimum absolute atomic E-state index is 0.229. The molecular formula is C20H29NO5. The number of hydrogen-bond donors (Lipinski definition) is 1. The molecule has 2 aliphatic rings. The number of carbonyl (C=O) groups excluding carboxylic acids is 1. The van der Waals surface area contributed by atoms with Gasteiger partial charge >= 0.3 is 6.09 Å². The number of nitrogens with one attached hydrogen (secondary N) is 1. The van der Waals surface area contributed by atoms with Crippen LogP contribution in [0.5, 0.6) is 5.75 Å². The van der Waals surface area contributed by atoms with Crippen LogP contribution in [0.25, 0.3) is 0 Å². The number of hydrogen-bond acceptors (Lipinski definition) is 5. The highest BCUT2D eigenvalue weighted by atomic mass is 16.7. The van der Waals surface area contributed by atoms with Gasteiger partial charge in [0.25, 0.3) is 0 Å². The molecule has 1 unspecified atom stereocenters. The van der Waals surface area contributed by atoms with Crippen molar-refractivity contribution in [1.82, 2.24) is 5.32 Å². The van der Waals surface area contributed by atoms with E-state index in [4.69, 9.17) is 18.9 Å². The lowest BCUT2D eigenvalue weighted by molar-refractivity contribution is -0.212. The van der Waals surface area contributed by atoms with Crippen LogP contribution in [0, 0.1) is 5.92 Å². The number of alkyl carbamates (subject to hydrolysis) is 1. The first-order chi connectivity index (χ1) is 12.7. The molecule has 3 rings (SSSR count). The zero-order chi connectivity index (χ0) is 18.2. The lowest BCUT2D eigenvalue weighted by Crippen LogP contribution is -2.42. The van der Waals surface area contributed by atoms with E-state index < -0.39 is 6.09 Å². The first-order valence-corrected chi connectivity index (χ1v) is 9.62. The molecule has 1 saturated carbocycles. The average Bonchev–Trinajstić information content (AvgIpc) is 3.11. The normalized spacial score (nSPS) is 21.5.